The van der Waals surface area contributed by atoms with Crippen molar-refractivity contribution in [3.8, 4) is 0 Å². The summed E-state index contributed by atoms with van der Waals surface area (Å²) in [5.74, 6) is 0. The summed E-state index contributed by atoms with van der Waals surface area (Å²) in [5, 5.41) is 6.34. The predicted octanol–water partition coefficient (Wildman–Crippen LogP) is 1.81. The number of carbonyl (C=O) groups excluding carboxylic acids is 1. The van der Waals surface area contributed by atoms with Gasteiger partial charge >= 0.3 is 6.09 Å². The quantitative estimate of drug-likeness (QED) is 0.800. The summed E-state index contributed by atoms with van der Waals surface area (Å²) >= 11 is 0. The number of ether oxygens (including phenoxy) is 1. The number of carbonyl (C=O) groups is 1. The van der Waals surface area contributed by atoms with Crippen molar-refractivity contribution in [1.82, 2.24) is 10.6 Å². The van der Waals surface area contributed by atoms with Crippen LogP contribution in [-0.2, 0) is 11.3 Å². The Labute approximate surface area is 107 Å². The average molecular weight is 246 g/mol. The van der Waals surface area contributed by atoms with Crippen molar-refractivity contribution in [2.45, 2.75) is 44.0 Å². The highest BCUT2D eigenvalue weighted by Gasteiger charge is 2.41. The van der Waals surface area contributed by atoms with E-state index in [1.165, 1.54) is 0 Å². The van der Waals surface area contributed by atoms with Crippen molar-refractivity contribution in [3.05, 3.63) is 35.9 Å². The maximum atomic E-state index is 11.7. The monoisotopic (exact) mass is 246 g/mol. The molecular weight excluding hydrogens is 228 g/mol. The predicted molar refractivity (Wildman–Crippen MR) is 68.1 cm³/mol. The lowest BCUT2D eigenvalue weighted by Crippen LogP contribution is -2.38. The third-order valence-electron chi connectivity index (χ3n) is 3.70. The molecule has 3 rings (SSSR count). The van der Waals surface area contributed by atoms with E-state index < -0.39 is 0 Å². The third kappa shape index (κ3) is 2.82. The summed E-state index contributed by atoms with van der Waals surface area (Å²) in [7, 11) is 0. The molecule has 0 unspecified atom stereocenters. The van der Waals surface area contributed by atoms with Crippen LogP contribution in [-0.4, -0.2) is 24.2 Å². The van der Waals surface area contributed by atoms with E-state index in [1.807, 2.05) is 30.3 Å². The largest absolute Gasteiger partial charge is 0.445 e. The van der Waals surface area contributed by atoms with E-state index in [0.29, 0.717) is 18.7 Å². The van der Waals surface area contributed by atoms with Gasteiger partial charge in [0.2, 0.25) is 0 Å². The molecule has 0 aromatic heterocycles. The van der Waals surface area contributed by atoms with Crippen molar-refractivity contribution in [3.63, 3.8) is 0 Å². The smallest absolute Gasteiger partial charge is 0.407 e. The van der Waals surface area contributed by atoms with E-state index in [-0.39, 0.29) is 12.1 Å². The van der Waals surface area contributed by atoms with Crippen LogP contribution < -0.4 is 10.6 Å². The van der Waals surface area contributed by atoms with Gasteiger partial charge in [-0.25, -0.2) is 4.79 Å². The summed E-state index contributed by atoms with van der Waals surface area (Å²) < 4.78 is 5.21. The Morgan fingerprint density at radius 3 is 2.89 bits per heavy atom. The molecule has 2 aliphatic rings. The highest BCUT2D eigenvalue weighted by atomic mass is 16.5. The number of fused-ring (bicyclic) bond motifs is 1. The number of hydrogen-bond donors (Lipinski definition) is 2. The van der Waals surface area contributed by atoms with Crippen molar-refractivity contribution < 1.29 is 9.53 Å². The Kier molecular flexibility index (Phi) is 3.19. The zero-order valence-electron chi connectivity index (χ0n) is 10.3. The maximum absolute atomic E-state index is 11.7. The number of rotatable bonds is 3. The van der Waals surface area contributed by atoms with E-state index in [1.54, 1.807) is 0 Å². The van der Waals surface area contributed by atoms with Gasteiger partial charge in [-0.2, -0.15) is 0 Å². The minimum atomic E-state index is -0.303. The second-order valence-corrected chi connectivity index (χ2v) is 5.10. The van der Waals surface area contributed by atoms with Gasteiger partial charge < -0.3 is 15.4 Å². The number of alkyl carbamates (subject to hydrolysis) is 1. The van der Waals surface area contributed by atoms with Gasteiger partial charge in [-0.15, -0.1) is 0 Å². The van der Waals surface area contributed by atoms with E-state index in [4.69, 9.17) is 4.74 Å². The summed E-state index contributed by atoms with van der Waals surface area (Å²) in [6, 6.07) is 11.3. The number of nitrogens with one attached hydrogen (secondary N) is 2. The normalized spacial score (nSPS) is 29.2. The van der Waals surface area contributed by atoms with Crippen LogP contribution in [0.1, 0.15) is 24.8 Å². The molecule has 0 radical (unpaired) electrons. The first kappa shape index (κ1) is 11.5. The second kappa shape index (κ2) is 4.98. The maximum Gasteiger partial charge on any atom is 0.407 e. The minimum Gasteiger partial charge on any atom is -0.445 e. The zero-order chi connectivity index (χ0) is 12.4. The van der Waals surface area contributed by atoms with Crippen LogP contribution in [0.2, 0.25) is 0 Å². The van der Waals surface area contributed by atoms with Gasteiger partial charge in [0.1, 0.15) is 6.61 Å². The highest BCUT2D eigenvalue weighted by molar-refractivity contribution is 5.67. The molecular formula is C14H18N2O2. The van der Waals surface area contributed by atoms with Crippen molar-refractivity contribution >= 4 is 6.09 Å². The molecule has 1 saturated carbocycles. The van der Waals surface area contributed by atoms with Crippen molar-refractivity contribution in [1.29, 1.82) is 0 Å². The molecule has 1 aliphatic heterocycles. The summed E-state index contributed by atoms with van der Waals surface area (Å²) in [5.41, 5.74) is 1.01. The van der Waals surface area contributed by atoms with Crippen LogP contribution in [0, 0.1) is 0 Å². The Morgan fingerprint density at radius 1 is 1.28 bits per heavy atom. The molecule has 1 heterocycles. The Bertz CT molecular complexity index is 421. The summed E-state index contributed by atoms with van der Waals surface area (Å²) in [4.78, 5) is 11.7. The molecule has 3 atom stereocenters. The van der Waals surface area contributed by atoms with E-state index in [2.05, 4.69) is 10.6 Å². The number of hydrogen-bond acceptors (Lipinski definition) is 3. The number of amides is 1. The molecule has 1 amide bonds. The van der Waals surface area contributed by atoms with Crippen LogP contribution in [0.25, 0.3) is 0 Å². The fraction of sp³-hybridized carbons (Fsp3) is 0.500. The zero-order valence-corrected chi connectivity index (χ0v) is 10.3. The molecule has 1 aromatic carbocycles. The molecule has 4 nitrogen and oxygen atoms in total. The lowest BCUT2D eigenvalue weighted by molar-refractivity contribution is 0.133. The first-order valence-corrected chi connectivity index (χ1v) is 6.54. The van der Waals surface area contributed by atoms with E-state index >= 15 is 0 Å². The SMILES string of the molecule is O=C(N[C@@H]1CC[C@@H]2N[C@@H]2C1)OCc1ccccc1. The molecule has 4 heteroatoms. The lowest BCUT2D eigenvalue weighted by atomic mass is 9.96. The summed E-state index contributed by atoms with van der Waals surface area (Å²) in [6.07, 6.45) is 2.94. The van der Waals surface area contributed by atoms with Crippen molar-refractivity contribution in [2.24, 2.45) is 0 Å². The molecule has 0 spiro atoms. The molecule has 1 aliphatic carbocycles. The molecule has 0 bridgehead atoms. The van der Waals surface area contributed by atoms with Crippen molar-refractivity contribution in [2.75, 3.05) is 0 Å². The fourth-order valence-electron chi connectivity index (χ4n) is 2.60. The highest BCUT2D eigenvalue weighted by Crippen LogP contribution is 2.28. The minimum absolute atomic E-state index is 0.268. The fourth-order valence-corrected chi connectivity index (χ4v) is 2.60. The lowest BCUT2D eigenvalue weighted by Gasteiger charge is -2.20. The first-order valence-electron chi connectivity index (χ1n) is 6.54. The van der Waals surface area contributed by atoms with Crippen LogP contribution in [0.15, 0.2) is 30.3 Å². The van der Waals surface area contributed by atoms with E-state index in [0.717, 1.165) is 24.8 Å². The molecule has 1 aromatic rings. The molecule has 18 heavy (non-hydrogen) atoms. The van der Waals surface area contributed by atoms with Gasteiger partial charge in [0.05, 0.1) is 0 Å². The standard InChI is InChI=1S/C14H18N2O2/c17-14(18-9-10-4-2-1-3-5-10)15-11-6-7-12-13(8-11)16-12/h1-5,11-13,16H,6-9H2,(H,15,17)/t11-,12+,13-/m1/s1. The van der Waals surface area contributed by atoms with E-state index in [9.17, 15) is 4.79 Å². The van der Waals surface area contributed by atoms with Crippen LogP contribution in [0.3, 0.4) is 0 Å². The van der Waals surface area contributed by atoms with Crippen LogP contribution in [0.5, 0.6) is 0 Å². The van der Waals surface area contributed by atoms with Gasteiger partial charge in [0.25, 0.3) is 0 Å². The third-order valence-corrected chi connectivity index (χ3v) is 3.70. The Balaban J connectivity index is 1.41. The molecule has 2 fully saturated rings. The van der Waals surface area contributed by atoms with Crippen LogP contribution in [0.4, 0.5) is 4.79 Å². The van der Waals surface area contributed by atoms with Crippen LogP contribution >= 0.6 is 0 Å². The molecule has 96 valence electrons. The van der Waals surface area contributed by atoms with Gasteiger partial charge in [-0.1, -0.05) is 30.3 Å². The van der Waals surface area contributed by atoms with Gasteiger partial charge in [0, 0.05) is 18.1 Å². The molecule has 2 N–H and O–H groups in total. The first-order chi connectivity index (χ1) is 8.81. The Morgan fingerprint density at radius 2 is 2.11 bits per heavy atom. The number of benzene rings is 1. The summed E-state index contributed by atoms with van der Waals surface area (Å²) in [6.45, 7) is 0.337. The van der Waals surface area contributed by atoms with Gasteiger partial charge in [-0.3, -0.25) is 0 Å². The van der Waals surface area contributed by atoms with Gasteiger partial charge in [0.15, 0.2) is 0 Å². The Hall–Kier alpha value is -1.55. The topological polar surface area (TPSA) is 60.3 Å². The van der Waals surface area contributed by atoms with Gasteiger partial charge in [-0.05, 0) is 24.8 Å². The molecule has 1 saturated heterocycles. The second-order valence-electron chi connectivity index (χ2n) is 5.10. The average Bonchev–Trinajstić information content (AvgIpc) is 3.16.